The summed E-state index contributed by atoms with van der Waals surface area (Å²) in [6.07, 6.45) is -0.869. The molecule has 0 aliphatic rings. The average Bonchev–Trinajstić information content (AvgIpc) is 2.81. The first-order chi connectivity index (χ1) is 15.3. The molecule has 0 unspecified atom stereocenters. The molecule has 0 saturated heterocycles. The SMILES string of the molecule is COC(=O)[C@H](Cc1ccc(OC)c([N+](=O)[O-])c1)NC(=O)CNC(=O)OCc1ccccc1. The molecule has 11 heteroatoms. The second-order valence-electron chi connectivity index (χ2n) is 6.53. The Kier molecular flexibility index (Phi) is 8.96. The number of carbonyl (C=O) groups excluding carboxylic acids is 3. The van der Waals surface area contributed by atoms with Crippen LogP contribution in [0.3, 0.4) is 0 Å². The quantitative estimate of drug-likeness (QED) is 0.319. The topological polar surface area (TPSA) is 146 Å². The van der Waals surface area contributed by atoms with Crippen LogP contribution < -0.4 is 15.4 Å². The Bertz CT molecular complexity index is 965. The van der Waals surface area contributed by atoms with Crippen LogP contribution in [-0.2, 0) is 32.1 Å². The summed E-state index contributed by atoms with van der Waals surface area (Å²) in [6.45, 7) is -0.404. The molecule has 2 rings (SSSR count). The fourth-order valence-electron chi connectivity index (χ4n) is 2.75. The molecule has 0 heterocycles. The lowest BCUT2D eigenvalue weighted by molar-refractivity contribution is -0.385. The summed E-state index contributed by atoms with van der Waals surface area (Å²) < 4.78 is 14.7. The minimum absolute atomic E-state index is 0.0370. The normalized spacial score (nSPS) is 11.1. The zero-order chi connectivity index (χ0) is 23.5. The van der Waals surface area contributed by atoms with Crippen LogP contribution in [0.2, 0.25) is 0 Å². The van der Waals surface area contributed by atoms with Gasteiger partial charge in [0.25, 0.3) is 0 Å². The smallest absolute Gasteiger partial charge is 0.407 e. The lowest BCUT2D eigenvalue weighted by Gasteiger charge is -2.17. The summed E-state index contributed by atoms with van der Waals surface area (Å²) >= 11 is 0. The van der Waals surface area contributed by atoms with Gasteiger partial charge in [0.2, 0.25) is 5.91 Å². The number of nitro benzene ring substituents is 1. The largest absolute Gasteiger partial charge is 0.490 e. The van der Waals surface area contributed by atoms with Gasteiger partial charge in [0.05, 0.1) is 19.1 Å². The molecule has 170 valence electrons. The molecule has 0 aliphatic carbocycles. The van der Waals surface area contributed by atoms with Crippen molar-refractivity contribution in [3.63, 3.8) is 0 Å². The third-order valence-corrected chi connectivity index (χ3v) is 4.31. The molecule has 2 aromatic rings. The maximum absolute atomic E-state index is 12.2. The van der Waals surface area contributed by atoms with Crippen LogP contribution in [0.25, 0.3) is 0 Å². The van der Waals surface area contributed by atoms with E-state index in [9.17, 15) is 24.5 Å². The van der Waals surface area contributed by atoms with Crippen molar-refractivity contribution in [1.82, 2.24) is 10.6 Å². The van der Waals surface area contributed by atoms with Gasteiger partial charge in [-0.25, -0.2) is 9.59 Å². The predicted molar refractivity (Wildman–Crippen MR) is 112 cm³/mol. The number of amides is 2. The van der Waals surface area contributed by atoms with Crippen LogP contribution in [0.5, 0.6) is 5.75 Å². The van der Waals surface area contributed by atoms with Crippen molar-refractivity contribution in [2.45, 2.75) is 19.1 Å². The van der Waals surface area contributed by atoms with Gasteiger partial charge >= 0.3 is 17.7 Å². The second-order valence-corrected chi connectivity index (χ2v) is 6.53. The summed E-state index contributed by atoms with van der Waals surface area (Å²) in [4.78, 5) is 46.6. The van der Waals surface area contributed by atoms with E-state index in [1.165, 1.54) is 25.3 Å². The van der Waals surface area contributed by atoms with Crippen molar-refractivity contribution in [1.29, 1.82) is 0 Å². The van der Waals surface area contributed by atoms with E-state index < -0.39 is 35.5 Å². The van der Waals surface area contributed by atoms with Crippen molar-refractivity contribution in [2.24, 2.45) is 0 Å². The van der Waals surface area contributed by atoms with Gasteiger partial charge in [-0.15, -0.1) is 0 Å². The Morgan fingerprint density at radius 3 is 2.41 bits per heavy atom. The maximum atomic E-state index is 12.2. The van der Waals surface area contributed by atoms with Gasteiger partial charge in [-0.3, -0.25) is 14.9 Å². The van der Waals surface area contributed by atoms with Crippen molar-refractivity contribution in [3.8, 4) is 5.75 Å². The first kappa shape index (κ1) is 24.1. The van der Waals surface area contributed by atoms with Gasteiger partial charge in [0, 0.05) is 12.5 Å². The molecule has 0 spiro atoms. The molecular formula is C21H23N3O8. The van der Waals surface area contributed by atoms with Crippen LogP contribution in [0.4, 0.5) is 10.5 Å². The summed E-state index contributed by atoms with van der Waals surface area (Å²) in [7, 11) is 2.45. The molecule has 2 N–H and O–H groups in total. The molecule has 0 fully saturated rings. The highest BCUT2D eigenvalue weighted by Crippen LogP contribution is 2.28. The highest BCUT2D eigenvalue weighted by molar-refractivity contribution is 5.87. The van der Waals surface area contributed by atoms with Gasteiger partial charge in [0.1, 0.15) is 19.2 Å². The number of benzene rings is 2. The lowest BCUT2D eigenvalue weighted by atomic mass is 10.0. The number of nitro groups is 1. The molecule has 2 amide bonds. The van der Waals surface area contributed by atoms with Gasteiger partial charge in [-0.1, -0.05) is 36.4 Å². The summed E-state index contributed by atoms with van der Waals surface area (Å²) in [5, 5.41) is 15.9. The number of rotatable bonds is 10. The molecule has 0 saturated carbocycles. The van der Waals surface area contributed by atoms with Crippen LogP contribution in [0.1, 0.15) is 11.1 Å². The monoisotopic (exact) mass is 445 g/mol. The number of carbonyl (C=O) groups is 3. The van der Waals surface area contributed by atoms with Gasteiger partial charge < -0.3 is 24.8 Å². The minimum atomic E-state index is -1.12. The van der Waals surface area contributed by atoms with E-state index in [-0.39, 0.29) is 24.5 Å². The van der Waals surface area contributed by atoms with Gasteiger partial charge in [0.15, 0.2) is 5.75 Å². The van der Waals surface area contributed by atoms with Gasteiger partial charge in [-0.05, 0) is 17.2 Å². The number of nitrogens with one attached hydrogen (secondary N) is 2. The second kappa shape index (κ2) is 11.9. The maximum Gasteiger partial charge on any atom is 0.407 e. The van der Waals surface area contributed by atoms with Crippen molar-refractivity contribution in [2.75, 3.05) is 20.8 Å². The summed E-state index contributed by atoms with van der Waals surface area (Å²) in [5.74, 6) is -1.35. The minimum Gasteiger partial charge on any atom is -0.490 e. The fourth-order valence-corrected chi connectivity index (χ4v) is 2.75. The van der Waals surface area contributed by atoms with E-state index in [1.54, 1.807) is 24.3 Å². The van der Waals surface area contributed by atoms with E-state index in [1.807, 2.05) is 6.07 Å². The Balaban J connectivity index is 1.93. The zero-order valence-corrected chi connectivity index (χ0v) is 17.5. The molecule has 2 aromatic carbocycles. The number of ether oxygens (including phenoxy) is 3. The van der Waals surface area contributed by atoms with Crippen LogP contribution in [0, 0.1) is 10.1 Å². The van der Waals surface area contributed by atoms with Crippen molar-refractivity contribution in [3.05, 3.63) is 69.8 Å². The molecule has 32 heavy (non-hydrogen) atoms. The molecule has 11 nitrogen and oxygen atoms in total. The number of hydrogen-bond acceptors (Lipinski definition) is 8. The summed E-state index contributed by atoms with van der Waals surface area (Å²) in [5.41, 5.74) is 0.914. The molecule has 1 atom stereocenters. The highest BCUT2D eigenvalue weighted by atomic mass is 16.6. The van der Waals surface area contributed by atoms with Crippen LogP contribution in [-0.4, -0.2) is 49.7 Å². The number of nitrogens with zero attached hydrogens (tertiary/aromatic N) is 1. The highest BCUT2D eigenvalue weighted by Gasteiger charge is 2.24. The Morgan fingerprint density at radius 1 is 1.06 bits per heavy atom. The van der Waals surface area contributed by atoms with E-state index >= 15 is 0 Å². The first-order valence-electron chi connectivity index (χ1n) is 9.47. The van der Waals surface area contributed by atoms with E-state index in [2.05, 4.69) is 10.6 Å². The Labute approximate surface area is 183 Å². The van der Waals surface area contributed by atoms with Crippen LogP contribution in [0.15, 0.2) is 48.5 Å². The average molecular weight is 445 g/mol. The molecular weight excluding hydrogens is 422 g/mol. The molecule has 0 aromatic heterocycles. The molecule has 0 radical (unpaired) electrons. The zero-order valence-electron chi connectivity index (χ0n) is 17.5. The van der Waals surface area contributed by atoms with E-state index in [0.29, 0.717) is 5.56 Å². The third-order valence-electron chi connectivity index (χ3n) is 4.31. The molecule has 0 aliphatic heterocycles. The Morgan fingerprint density at radius 2 is 1.78 bits per heavy atom. The Hall–Kier alpha value is -4.15. The number of methoxy groups -OCH3 is 2. The standard InChI is InChI=1S/C21H23N3O8/c1-30-18-9-8-15(11-17(18)24(28)29)10-16(20(26)31-2)23-19(25)12-22-21(27)32-13-14-6-4-3-5-7-14/h3-9,11,16H,10,12-13H2,1-2H3,(H,22,27)(H,23,25)/t16-/m0/s1. The van der Waals surface area contributed by atoms with Crippen LogP contribution >= 0.6 is 0 Å². The number of alkyl carbamates (subject to hydrolysis) is 1. The first-order valence-corrected chi connectivity index (χ1v) is 9.47. The van der Waals surface area contributed by atoms with Crippen molar-refractivity contribution < 1.29 is 33.5 Å². The van der Waals surface area contributed by atoms with E-state index in [4.69, 9.17) is 14.2 Å². The lowest BCUT2D eigenvalue weighted by Crippen LogP contribution is -2.47. The van der Waals surface area contributed by atoms with Gasteiger partial charge in [-0.2, -0.15) is 0 Å². The van der Waals surface area contributed by atoms with E-state index in [0.717, 1.165) is 12.7 Å². The summed E-state index contributed by atoms with van der Waals surface area (Å²) in [6, 6.07) is 12.1. The number of esters is 1. The predicted octanol–water partition coefficient (Wildman–Crippen LogP) is 1.73. The third kappa shape index (κ3) is 7.27. The molecule has 0 bridgehead atoms. The van der Waals surface area contributed by atoms with Crippen molar-refractivity contribution >= 4 is 23.7 Å². The number of hydrogen-bond donors (Lipinski definition) is 2. The fraction of sp³-hybridized carbons (Fsp3) is 0.286.